The van der Waals surface area contributed by atoms with Crippen molar-refractivity contribution in [3.05, 3.63) is 35.4 Å². The van der Waals surface area contributed by atoms with Crippen LogP contribution in [0.4, 0.5) is 0 Å². The topological polar surface area (TPSA) is 43.1 Å². The average Bonchev–Trinajstić information content (AvgIpc) is 2.36. The molecular weight excluding hydrogens is 242 g/mol. The third-order valence-electron chi connectivity index (χ3n) is 3.19. The summed E-state index contributed by atoms with van der Waals surface area (Å²) in [6.07, 6.45) is 1.03. The Bertz CT molecular complexity index is 386. The predicted octanol–water partition coefficient (Wildman–Crippen LogP) is 3.04. The standard InChI is InChI=1S/C15H25NOS/c1-5-13-6-8-14(9-7-13)15(16)12(4)18(17)10-11(2)3/h6-9,11-12,15H,5,10,16H2,1-4H3. The highest BCUT2D eigenvalue weighted by Crippen LogP contribution is 2.20. The van der Waals surface area contributed by atoms with Crippen LogP contribution in [0.2, 0.25) is 0 Å². The molecule has 0 aliphatic rings. The van der Waals surface area contributed by atoms with Gasteiger partial charge in [-0.05, 0) is 30.4 Å². The van der Waals surface area contributed by atoms with Crippen molar-refractivity contribution in [1.29, 1.82) is 0 Å². The summed E-state index contributed by atoms with van der Waals surface area (Å²) in [4.78, 5) is 0. The lowest BCUT2D eigenvalue weighted by atomic mass is 10.0. The summed E-state index contributed by atoms with van der Waals surface area (Å²) >= 11 is 0. The predicted molar refractivity (Wildman–Crippen MR) is 80.1 cm³/mol. The fourth-order valence-electron chi connectivity index (χ4n) is 1.89. The molecule has 0 aliphatic carbocycles. The Labute approximate surface area is 113 Å². The summed E-state index contributed by atoms with van der Waals surface area (Å²) in [6, 6.07) is 8.19. The molecule has 3 atom stereocenters. The van der Waals surface area contributed by atoms with E-state index in [-0.39, 0.29) is 11.3 Å². The van der Waals surface area contributed by atoms with Crippen molar-refractivity contribution >= 4 is 10.8 Å². The molecule has 0 spiro atoms. The number of aryl methyl sites for hydroxylation is 1. The van der Waals surface area contributed by atoms with Gasteiger partial charge in [-0.1, -0.05) is 45.0 Å². The maximum Gasteiger partial charge on any atom is 0.0512 e. The molecule has 3 unspecified atom stereocenters. The molecule has 2 N–H and O–H groups in total. The van der Waals surface area contributed by atoms with Crippen molar-refractivity contribution in [2.24, 2.45) is 11.7 Å². The van der Waals surface area contributed by atoms with Crippen molar-refractivity contribution in [3.8, 4) is 0 Å². The smallest absolute Gasteiger partial charge is 0.0512 e. The fourth-order valence-corrected chi connectivity index (χ4v) is 3.34. The van der Waals surface area contributed by atoms with E-state index in [4.69, 9.17) is 5.73 Å². The molecule has 102 valence electrons. The quantitative estimate of drug-likeness (QED) is 0.861. The van der Waals surface area contributed by atoms with E-state index in [1.807, 2.05) is 6.92 Å². The first-order valence-electron chi connectivity index (χ1n) is 6.67. The van der Waals surface area contributed by atoms with Gasteiger partial charge >= 0.3 is 0 Å². The van der Waals surface area contributed by atoms with Gasteiger partial charge in [0.1, 0.15) is 0 Å². The number of hydrogen-bond donors (Lipinski definition) is 1. The first-order chi connectivity index (χ1) is 8.45. The third kappa shape index (κ3) is 4.21. The molecule has 0 amide bonds. The number of hydrogen-bond acceptors (Lipinski definition) is 2. The Morgan fingerprint density at radius 3 is 2.17 bits per heavy atom. The molecule has 0 aromatic heterocycles. The van der Waals surface area contributed by atoms with Crippen LogP contribution in [0.15, 0.2) is 24.3 Å². The van der Waals surface area contributed by atoms with E-state index in [1.165, 1.54) is 5.56 Å². The van der Waals surface area contributed by atoms with Gasteiger partial charge in [0.05, 0.1) is 5.25 Å². The largest absolute Gasteiger partial charge is 0.323 e. The van der Waals surface area contributed by atoms with E-state index in [0.29, 0.717) is 5.92 Å². The van der Waals surface area contributed by atoms with Crippen LogP contribution in [0, 0.1) is 5.92 Å². The Hall–Kier alpha value is -0.670. The average molecular weight is 267 g/mol. The minimum atomic E-state index is -0.858. The zero-order valence-corrected chi connectivity index (χ0v) is 12.7. The van der Waals surface area contributed by atoms with Gasteiger partial charge in [-0.15, -0.1) is 0 Å². The molecule has 0 heterocycles. The van der Waals surface area contributed by atoms with Gasteiger partial charge in [-0.3, -0.25) is 4.21 Å². The number of rotatable bonds is 6. The highest BCUT2D eigenvalue weighted by Gasteiger charge is 2.21. The van der Waals surface area contributed by atoms with Gasteiger partial charge in [-0.25, -0.2) is 0 Å². The first kappa shape index (κ1) is 15.4. The van der Waals surface area contributed by atoms with Gasteiger partial charge < -0.3 is 5.73 Å². The van der Waals surface area contributed by atoms with E-state index in [2.05, 4.69) is 45.0 Å². The first-order valence-corrected chi connectivity index (χ1v) is 8.05. The second-order valence-corrected chi connectivity index (χ2v) is 7.11. The lowest BCUT2D eigenvalue weighted by Gasteiger charge is -2.21. The van der Waals surface area contributed by atoms with E-state index in [9.17, 15) is 4.21 Å². The minimum Gasteiger partial charge on any atom is -0.323 e. The summed E-state index contributed by atoms with van der Waals surface area (Å²) in [6.45, 7) is 8.30. The lowest BCUT2D eigenvalue weighted by Crippen LogP contribution is -2.30. The van der Waals surface area contributed by atoms with Crippen LogP contribution in [-0.2, 0) is 17.2 Å². The summed E-state index contributed by atoms with van der Waals surface area (Å²) in [5, 5.41) is -0.000114. The maximum atomic E-state index is 12.1. The van der Waals surface area contributed by atoms with Crippen molar-refractivity contribution in [2.45, 2.75) is 45.4 Å². The number of nitrogens with two attached hydrogens (primary N) is 1. The summed E-state index contributed by atoms with van der Waals surface area (Å²) in [7, 11) is -0.858. The van der Waals surface area contributed by atoms with Gasteiger partial charge in [-0.2, -0.15) is 0 Å². The fraction of sp³-hybridized carbons (Fsp3) is 0.600. The van der Waals surface area contributed by atoms with E-state index in [1.54, 1.807) is 0 Å². The van der Waals surface area contributed by atoms with Crippen LogP contribution in [0.3, 0.4) is 0 Å². The van der Waals surface area contributed by atoms with Crippen LogP contribution in [0.1, 0.15) is 44.9 Å². The van der Waals surface area contributed by atoms with Crippen LogP contribution in [0.25, 0.3) is 0 Å². The highest BCUT2D eigenvalue weighted by molar-refractivity contribution is 7.85. The van der Waals surface area contributed by atoms with Crippen molar-refractivity contribution in [3.63, 3.8) is 0 Å². The summed E-state index contributed by atoms with van der Waals surface area (Å²) < 4.78 is 12.1. The molecule has 0 radical (unpaired) electrons. The summed E-state index contributed by atoms with van der Waals surface area (Å²) in [5.41, 5.74) is 8.60. The second kappa shape index (κ2) is 7.05. The van der Waals surface area contributed by atoms with E-state index in [0.717, 1.165) is 17.7 Å². The summed E-state index contributed by atoms with van der Waals surface area (Å²) in [5.74, 6) is 1.17. The Morgan fingerprint density at radius 2 is 1.72 bits per heavy atom. The Kier molecular flexibility index (Phi) is 6.03. The molecule has 0 bridgehead atoms. The molecule has 0 fully saturated rings. The molecule has 3 heteroatoms. The monoisotopic (exact) mass is 267 g/mol. The molecule has 18 heavy (non-hydrogen) atoms. The van der Waals surface area contributed by atoms with Crippen LogP contribution in [-0.4, -0.2) is 15.2 Å². The van der Waals surface area contributed by atoms with Crippen LogP contribution >= 0.6 is 0 Å². The van der Waals surface area contributed by atoms with Crippen molar-refractivity contribution < 1.29 is 4.21 Å². The van der Waals surface area contributed by atoms with E-state index >= 15 is 0 Å². The molecule has 1 aromatic rings. The zero-order valence-electron chi connectivity index (χ0n) is 11.8. The van der Waals surface area contributed by atoms with Crippen molar-refractivity contribution in [1.82, 2.24) is 0 Å². The minimum absolute atomic E-state index is 0.000114. The second-order valence-electron chi connectivity index (χ2n) is 5.27. The van der Waals surface area contributed by atoms with E-state index < -0.39 is 10.8 Å². The molecule has 2 nitrogen and oxygen atoms in total. The Balaban J connectivity index is 2.72. The van der Waals surface area contributed by atoms with Gasteiger partial charge in [0.15, 0.2) is 0 Å². The zero-order chi connectivity index (χ0) is 13.7. The molecule has 0 saturated heterocycles. The lowest BCUT2D eigenvalue weighted by molar-refractivity contribution is 0.629. The molecule has 1 aromatic carbocycles. The van der Waals surface area contributed by atoms with Crippen LogP contribution in [0.5, 0.6) is 0 Å². The Morgan fingerprint density at radius 1 is 1.17 bits per heavy atom. The maximum absolute atomic E-state index is 12.1. The normalized spacial score (nSPS) is 16.6. The molecule has 0 saturated carbocycles. The van der Waals surface area contributed by atoms with Crippen molar-refractivity contribution in [2.75, 3.05) is 5.75 Å². The highest BCUT2D eigenvalue weighted by atomic mass is 32.2. The van der Waals surface area contributed by atoms with Gasteiger partial charge in [0.2, 0.25) is 0 Å². The SMILES string of the molecule is CCc1ccc(C(N)C(C)S(=O)CC(C)C)cc1. The molecule has 0 aliphatic heterocycles. The third-order valence-corrected chi connectivity index (χ3v) is 5.31. The number of benzene rings is 1. The van der Waals surface area contributed by atoms with Gasteiger partial charge in [0, 0.05) is 22.6 Å². The molecular formula is C15H25NOS. The van der Waals surface area contributed by atoms with Gasteiger partial charge in [0.25, 0.3) is 0 Å². The molecule has 1 rings (SSSR count). The van der Waals surface area contributed by atoms with Crippen LogP contribution < -0.4 is 5.73 Å².